The number of hydrogen-bond donors (Lipinski definition) is 1. The minimum atomic E-state index is 0.201. The third-order valence-corrected chi connectivity index (χ3v) is 4.08. The molecule has 0 unspecified atom stereocenters. The van der Waals surface area contributed by atoms with E-state index in [1.807, 2.05) is 0 Å². The van der Waals surface area contributed by atoms with Crippen LogP contribution in [-0.4, -0.2) is 23.3 Å². The second-order valence-electron chi connectivity index (χ2n) is 6.75. The van der Waals surface area contributed by atoms with Crippen molar-refractivity contribution in [2.24, 2.45) is 5.92 Å². The highest BCUT2D eigenvalue weighted by atomic mass is 16.5. The van der Waals surface area contributed by atoms with E-state index in [4.69, 9.17) is 9.26 Å². The molecule has 2 heterocycles. The van der Waals surface area contributed by atoms with Crippen LogP contribution in [0.15, 0.2) is 16.7 Å². The topological polar surface area (TPSA) is 60.2 Å². The van der Waals surface area contributed by atoms with Gasteiger partial charge in [0.25, 0.3) is 0 Å². The Hall–Kier alpha value is -1.88. The monoisotopic (exact) mass is 315 g/mol. The molecule has 1 saturated heterocycles. The van der Waals surface area contributed by atoms with Crippen LogP contribution in [-0.2, 0) is 0 Å². The Bertz CT molecular complexity index is 650. The lowest BCUT2D eigenvalue weighted by Gasteiger charge is -2.14. The fourth-order valence-corrected chi connectivity index (χ4v) is 2.95. The molecule has 0 bridgehead atoms. The van der Waals surface area contributed by atoms with Gasteiger partial charge in [-0.1, -0.05) is 19.0 Å². The zero-order valence-electron chi connectivity index (χ0n) is 14.3. The second-order valence-corrected chi connectivity index (χ2v) is 6.75. The molecule has 5 nitrogen and oxygen atoms in total. The molecule has 2 aromatic rings. The van der Waals surface area contributed by atoms with Crippen LogP contribution in [0.2, 0.25) is 0 Å². The molecule has 1 atom stereocenters. The molecule has 0 spiro atoms. The van der Waals surface area contributed by atoms with Crippen molar-refractivity contribution in [3.8, 4) is 17.1 Å². The molecule has 1 aliphatic rings. The van der Waals surface area contributed by atoms with Crippen LogP contribution >= 0.6 is 0 Å². The van der Waals surface area contributed by atoms with Crippen molar-refractivity contribution >= 4 is 0 Å². The van der Waals surface area contributed by atoms with Crippen molar-refractivity contribution < 1.29 is 9.26 Å². The third-order valence-electron chi connectivity index (χ3n) is 4.08. The lowest BCUT2D eigenvalue weighted by Crippen LogP contribution is -2.12. The van der Waals surface area contributed by atoms with Crippen LogP contribution in [0.5, 0.6) is 5.75 Å². The average molecular weight is 315 g/mol. The SMILES string of the molecule is Cc1cc(-c2noc([C@@H]3CCCN3)n2)cc(C)c1OCC(C)C. The van der Waals surface area contributed by atoms with E-state index in [2.05, 4.69) is 55.3 Å². The zero-order chi connectivity index (χ0) is 16.4. The molecule has 3 rings (SSSR count). The number of benzene rings is 1. The second kappa shape index (κ2) is 6.71. The normalized spacial score (nSPS) is 17.9. The smallest absolute Gasteiger partial charge is 0.244 e. The number of nitrogens with zero attached hydrogens (tertiary/aromatic N) is 2. The van der Waals surface area contributed by atoms with Crippen LogP contribution in [0.4, 0.5) is 0 Å². The summed E-state index contributed by atoms with van der Waals surface area (Å²) in [5.74, 6) is 2.80. The van der Waals surface area contributed by atoms with Crippen molar-refractivity contribution in [2.45, 2.75) is 46.6 Å². The van der Waals surface area contributed by atoms with Gasteiger partial charge < -0.3 is 14.6 Å². The van der Waals surface area contributed by atoms with Crippen LogP contribution in [0.25, 0.3) is 11.4 Å². The molecular formula is C18H25N3O2. The largest absolute Gasteiger partial charge is 0.493 e. The van der Waals surface area contributed by atoms with Crippen LogP contribution in [0.3, 0.4) is 0 Å². The number of aryl methyl sites for hydroxylation is 2. The molecule has 5 heteroatoms. The first kappa shape index (κ1) is 16.0. The quantitative estimate of drug-likeness (QED) is 0.909. The van der Waals surface area contributed by atoms with E-state index in [0.29, 0.717) is 17.6 Å². The standard InChI is InChI=1S/C18H25N3O2/c1-11(2)10-22-16-12(3)8-14(9-13(16)4)17-20-18(23-21-17)15-6-5-7-19-15/h8-9,11,15,19H,5-7,10H2,1-4H3/t15-/m0/s1. The minimum Gasteiger partial charge on any atom is -0.493 e. The summed E-state index contributed by atoms with van der Waals surface area (Å²) in [7, 11) is 0. The summed E-state index contributed by atoms with van der Waals surface area (Å²) in [4.78, 5) is 4.57. The highest BCUT2D eigenvalue weighted by Crippen LogP contribution is 2.30. The van der Waals surface area contributed by atoms with Crippen LogP contribution in [0, 0.1) is 19.8 Å². The van der Waals surface area contributed by atoms with Crippen molar-refractivity contribution in [2.75, 3.05) is 13.2 Å². The first-order chi connectivity index (χ1) is 11.0. The van der Waals surface area contributed by atoms with E-state index in [1.54, 1.807) is 0 Å². The Kier molecular flexibility index (Phi) is 4.66. The Balaban J connectivity index is 1.83. The van der Waals surface area contributed by atoms with Crippen molar-refractivity contribution in [1.29, 1.82) is 0 Å². The number of rotatable bonds is 5. The number of hydrogen-bond acceptors (Lipinski definition) is 5. The van der Waals surface area contributed by atoms with E-state index >= 15 is 0 Å². The molecule has 1 aromatic heterocycles. The maximum absolute atomic E-state index is 5.93. The minimum absolute atomic E-state index is 0.201. The van der Waals surface area contributed by atoms with Gasteiger partial charge in [-0.25, -0.2) is 0 Å². The summed E-state index contributed by atoms with van der Waals surface area (Å²) in [6.07, 6.45) is 2.21. The van der Waals surface area contributed by atoms with Crippen LogP contribution in [0.1, 0.15) is 49.7 Å². The van der Waals surface area contributed by atoms with Gasteiger partial charge in [0, 0.05) is 5.56 Å². The molecular weight excluding hydrogens is 290 g/mol. The molecule has 1 aliphatic heterocycles. The average Bonchev–Trinajstić information content (AvgIpc) is 3.17. The Labute approximate surface area is 137 Å². The van der Waals surface area contributed by atoms with Gasteiger partial charge in [0.1, 0.15) is 5.75 Å². The lowest BCUT2D eigenvalue weighted by molar-refractivity contribution is 0.268. The molecule has 0 aliphatic carbocycles. The predicted octanol–water partition coefficient (Wildman–Crippen LogP) is 3.81. The van der Waals surface area contributed by atoms with Crippen molar-refractivity contribution in [3.63, 3.8) is 0 Å². The zero-order valence-corrected chi connectivity index (χ0v) is 14.3. The van der Waals surface area contributed by atoms with Gasteiger partial charge in [0.15, 0.2) is 0 Å². The van der Waals surface area contributed by atoms with Gasteiger partial charge in [-0.2, -0.15) is 4.98 Å². The molecule has 1 aromatic carbocycles. The number of aromatic nitrogens is 2. The van der Waals surface area contributed by atoms with Gasteiger partial charge in [0.2, 0.25) is 11.7 Å². The summed E-state index contributed by atoms with van der Waals surface area (Å²) >= 11 is 0. The maximum Gasteiger partial charge on any atom is 0.244 e. The number of nitrogens with one attached hydrogen (secondary N) is 1. The predicted molar refractivity (Wildman–Crippen MR) is 89.5 cm³/mol. The highest BCUT2D eigenvalue weighted by molar-refractivity contribution is 5.61. The van der Waals surface area contributed by atoms with E-state index < -0.39 is 0 Å². The Morgan fingerprint density at radius 2 is 2.04 bits per heavy atom. The van der Waals surface area contributed by atoms with Crippen LogP contribution < -0.4 is 10.1 Å². The summed E-state index contributed by atoms with van der Waals surface area (Å²) in [6, 6.07) is 4.34. The summed E-state index contributed by atoms with van der Waals surface area (Å²) < 4.78 is 11.4. The van der Waals surface area contributed by atoms with Gasteiger partial charge in [-0.15, -0.1) is 0 Å². The summed E-state index contributed by atoms with van der Waals surface area (Å²) in [5, 5.41) is 7.53. The van der Waals surface area contributed by atoms with Gasteiger partial charge in [-0.3, -0.25) is 0 Å². The molecule has 0 radical (unpaired) electrons. The van der Waals surface area contributed by atoms with E-state index in [0.717, 1.165) is 48.4 Å². The fraction of sp³-hybridized carbons (Fsp3) is 0.556. The van der Waals surface area contributed by atoms with E-state index in [-0.39, 0.29) is 6.04 Å². The molecule has 0 saturated carbocycles. The Morgan fingerprint density at radius 1 is 1.30 bits per heavy atom. The first-order valence-electron chi connectivity index (χ1n) is 8.36. The van der Waals surface area contributed by atoms with Gasteiger partial charge >= 0.3 is 0 Å². The molecule has 1 N–H and O–H groups in total. The van der Waals surface area contributed by atoms with E-state index in [1.165, 1.54) is 0 Å². The lowest BCUT2D eigenvalue weighted by atomic mass is 10.1. The molecule has 0 amide bonds. The maximum atomic E-state index is 5.93. The summed E-state index contributed by atoms with van der Waals surface area (Å²) in [6.45, 7) is 10.2. The third kappa shape index (κ3) is 3.55. The first-order valence-corrected chi connectivity index (χ1v) is 8.36. The van der Waals surface area contributed by atoms with E-state index in [9.17, 15) is 0 Å². The van der Waals surface area contributed by atoms with Gasteiger partial charge in [0.05, 0.1) is 12.6 Å². The van der Waals surface area contributed by atoms with Crippen molar-refractivity contribution in [3.05, 3.63) is 29.2 Å². The fourth-order valence-electron chi connectivity index (χ4n) is 2.95. The van der Waals surface area contributed by atoms with Gasteiger partial charge in [-0.05, 0) is 62.4 Å². The number of ether oxygens (including phenoxy) is 1. The van der Waals surface area contributed by atoms with Crippen molar-refractivity contribution in [1.82, 2.24) is 15.5 Å². The molecule has 23 heavy (non-hydrogen) atoms. The molecule has 1 fully saturated rings. The summed E-state index contributed by atoms with van der Waals surface area (Å²) in [5.41, 5.74) is 3.18. The highest BCUT2D eigenvalue weighted by Gasteiger charge is 2.23. The molecule has 124 valence electrons. The Morgan fingerprint density at radius 3 is 2.65 bits per heavy atom.